The summed E-state index contributed by atoms with van der Waals surface area (Å²) >= 11 is 0. The molecule has 0 saturated heterocycles. The third-order valence-electron chi connectivity index (χ3n) is 9.55. The molecule has 0 aliphatic heterocycles. The quantitative estimate of drug-likeness (QED) is 0.166. The van der Waals surface area contributed by atoms with Gasteiger partial charge in [-0.1, -0.05) is 127 Å². The maximum absolute atomic E-state index is 5.25. The summed E-state index contributed by atoms with van der Waals surface area (Å²) in [6.45, 7) is 4.03. The summed E-state index contributed by atoms with van der Waals surface area (Å²) in [5, 5.41) is 4.80. The number of fused-ring (bicyclic) bond motifs is 2. The van der Waals surface area contributed by atoms with Crippen LogP contribution in [0.15, 0.2) is 170 Å². The molecule has 9 aromatic rings. The highest BCUT2D eigenvalue weighted by Gasteiger charge is 2.17. The molecule has 4 nitrogen and oxygen atoms in total. The Bertz CT molecular complexity index is 2620. The summed E-state index contributed by atoms with van der Waals surface area (Å²) in [6.07, 6.45) is 0. The number of aromatic nitrogens is 4. The van der Waals surface area contributed by atoms with Gasteiger partial charge in [0.25, 0.3) is 0 Å². The van der Waals surface area contributed by atoms with Crippen molar-refractivity contribution in [2.45, 2.75) is 13.8 Å². The standard InChI is InChI=1S/C48H34N4/c1-31-24-32(2)50-47(49-31)38-21-13-20-35(25-38)39-27-40(46-42-22-11-9-18-36(42)26-37-19-10-12-23-43(37)46)29-41(28-39)48-51-44(33-14-5-3-6-15-33)30-45(52-48)34-16-7-4-8-17-34/h3-30H,1-2H3. The van der Waals surface area contributed by atoms with Crippen LogP contribution in [-0.2, 0) is 0 Å². The van der Waals surface area contributed by atoms with Crippen LogP contribution in [-0.4, -0.2) is 19.9 Å². The molecule has 2 aromatic heterocycles. The van der Waals surface area contributed by atoms with Gasteiger partial charge in [-0.2, -0.15) is 0 Å². The molecule has 52 heavy (non-hydrogen) atoms. The van der Waals surface area contributed by atoms with Gasteiger partial charge in [0.15, 0.2) is 11.6 Å². The highest BCUT2D eigenvalue weighted by atomic mass is 14.9. The Morgan fingerprint density at radius 3 is 1.38 bits per heavy atom. The second kappa shape index (κ2) is 13.2. The van der Waals surface area contributed by atoms with Gasteiger partial charge in [-0.15, -0.1) is 0 Å². The van der Waals surface area contributed by atoms with E-state index in [1.165, 1.54) is 27.1 Å². The number of benzene rings is 7. The van der Waals surface area contributed by atoms with Crippen molar-refractivity contribution in [1.82, 2.24) is 19.9 Å². The highest BCUT2D eigenvalue weighted by Crippen LogP contribution is 2.41. The van der Waals surface area contributed by atoms with Crippen LogP contribution in [0.3, 0.4) is 0 Å². The Morgan fingerprint density at radius 2 is 0.769 bits per heavy atom. The molecule has 0 amide bonds. The third-order valence-corrected chi connectivity index (χ3v) is 9.55. The van der Waals surface area contributed by atoms with E-state index in [1.807, 2.05) is 32.0 Å². The fourth-order valence-electron chi connectivity index (χ4n) is 7.18. The average molecular weight is 667 g/mol. The monoisotopic (exact) mass is 666 g/mol. The number of hydrogen-bond acceptors (Lipinski definition) is 4. The lowest BCUT2D eigenvalue weighted by Gasteiger charge is -2.16. The Kier molecular flexibility index (Phi) is 7.90. The molecule has 246 valence electrons. The van der Waals surface area contributed by atoms with Crippen LogP contribution < -0.4 is 0 Å². The lowest BCUT2D eigenvalue weighted by Crippen LogP contribution is -1.97. The summed E-state index contributed by atoms with van der Waals surface area (Å²) in [6, 6.07) is 59.7. The van der Waals surface area contributed by atoms with Crippen molar-refractivity contribution in [2.24, 2.45) is 0 Å². The van der Waals surface area contributed by atoms with Crippen LogP contribution in [0.25, 0.3) is 89.1 Å². The van der Waals surface area contributed by atoms with Crippen LogP contribution in [0, 0.1) is 13.8 Å². The van der Waals surface area contributed by atoms with Gasteiger partial charge in [0.05, 0.1) is 11.4 Å². The van der Waals surface area contributed by atoms with Gasteiger partial charge >= 0.3 is 0 Å². The molecule has 0 radical (unpaired) electrons. The molecule has 0 atom stereocenters. The lowest BCUT2D eigenvalue weighted by atomic mass is 9.89. The zero-order chi connectivity index (χ0) is 35.0. The van der Waals surface area contributed by atoms with E-state index in [2.05, 4.69) is 152 Å². The summed E-state index contributed by atoms with van der Waals surface area (Å²) in [5.74, 6) is 1.39. The molecule has 4 heteroatoms. The third kappa shape index (κ3) is 6.01. The minimum atomic E-state index is 0.668. The smallest absolute Gasteiger partial charge is 0.160 e. The molecule has 7 aromatic carbocycles. The van der Waals surface area contributed by atoms with E-state index in [9.17, 15) is 0 Å². The lowest BCUT2D eigenvalue weighted by molar-refractivity contribution is 1.06. The fraction of sp³-hybridized carbons (Fsp3) is 0.0417. The maximum atomic E-state index is 5.25. The Hall–Kier alpha value is -6.78. The summed E-state index contributed by atoms with van der Waals surface area (Å²) < 4.78 is 0. The Balaban J connectivity index is 1.32. The summed E-state index contributed by atoms with van der Waals surface area (Å²) in [5.41, 5.74) is 12.1. The van der Waals surface area contributed by atoms with E-state index < -0.39 is 0 Å². The van der Waals surface area contributed by atoms with Gasteiger partial charge in [0, 0.05) is 33.6 Å². The molecule has 0 spiro atoms. The van der Waals surface area contributed by atoms with Crippen molar-refractivity contribution in [3.05, 3.63) is 181 Å². The SMILES string of the molecule is Cc1cc(C)nc(-c2cccc(-c3cc(-c4nc(-c5ccccc5)cc(-c5ccccc5)n4)cc(-c4c5ccccc5cc5ccccc45)c3)c2)n1. The van der Waals surface area contributed by atoms with Gasteiger partial charge in [-0.05, 0) is 100 Å². The van der Waals surface area contributed by atoms with Gasteiger partial charge in [0.1, 0.15) is 0 Å². The van der Waals surface area contributed by atoms with Crippen LogP contribution in [0.2, 0.25) is 0 Å². The van der Waals surface area contributed by atoms with Crippen LogP contribution in [0.1, 0.15) is 11.4 Å². The maximum Gasteiger partial charge on any atom is 0.160 e. The molecule has 0 aliphatic rings. The molecule has 0 fully saturated rings. The van der Waals surface area contributed by atoms with E-state index in [-0.39, 0.29) is 0 Å². The van der Waals surface area contributed by atoms with Crippen molar-refractivity contribution in [3.8, 4) is 67.5 Å². The van der Waals surface area contributed by atoms with Gasteiger partial charge in [-0.3, -0.25) is 0 Å². The average Bonchev–Trinajstić information content (AvgIpc) is 3.20. The van der Waals surface area contributed by atoms with Crippen molar-refractivity contribution in [2.75, 3.05) is 0 Å². The molecule has 0 saturated carbocycles. The van der Waals surface area contributed by atoms with Gasteiger partial charge < -0.3 is 0 Å². The number of hydrogen-bond donors (Lipinski definition) is 0. The first-order valence-corrected chi connectivity index (χ1v) is 17.6. The van der Waals surface area contributed by atoms with Crippen LogP contribution in [0.5, 0.6) is 0 Å². The molecule has 0 aliphatic carbocycles. The summed E-state index contributed by atoms with van der Waals surface area (Å²) in [7, 11) is 0. The molecule has 0 unspecified atom stereocenters. The van der Waals surface area contributed by atoms with Crippen molar-refractivity contribution in [3.63, 3.8) is 0 Å². The Morgan fingerprint density at radius 1 is 0.308 bits per heavy atom. The van der Waals surface area contributed by atoms with Crippen molar-refractivity contribution in [1.29, 1.82) is 0 Å². The molecular formula is C48H34N4. The number of rotatable bonds is 6. The number of aryl methyl sites for hydroxylation is 2. The van der Waals surface area contributed by atoms with E-state index in [1.54, 1.807) is 0 Å². The second-order valence-corrected chi connectivity index (χ2v) is 13.2. The first kappa shape index (κ1) is 31.2. The minimum absolute atomic E-state index is 0.668. The predicted molar refractivity (Wildman–Crippen MR) is 215 cm³/mol. The van der Waals surface area contributed by atoms with Gasteiger partial charge in [0.2, 0.25) is 0 Å². The Labute approximate surface area is 303 Å². The van der Waals surface area contributed by atoms with Crippen molar-refractivity contribution < 1.29 is 0 Å². The molecular weight excluding hydrogens is 633 g/mol. The first-order chi connectivity index (χ1) is 25.6. The van der Waals surface area contributed by atoms with E-state index >= 15 is 0 Å². The zero-order valence-electron chi connectivity index (χ0n) is 29.0. The number of nitrogens with zero attached hydrogens (tertiary/aromatic N) is 4. The largest absolute Gasteiger partial charge is 0.233 e. The second-order valence-electron chi connectivity index (χ2n) is 13.2. The fourth-order valence-corrected chi connectivity index (χ4v) is 7.18. The van der Waals surface area contributed by atoms with Crippen LogP contribution in [0.4, 0.5) is 0 Å². The molecule has 0 bridgehead atoms. The highest BCUT2D eigenvalue weighted by molar-refractivity contribution is 6.13. The van der Waals surface area contributed by atoms with Crippen LogP contribution >= 0.6 is 0 Å². The predicted octanol–water partition coefficient (Wildman–Crippen LogP) is 12.2. The minimum Gasteiger partial charge on any atom is -0.233 e. The molecule has 0 N–H and O–H groups in total. The molecule has 9 rings (SSSR count). The molecule has 2 heterocycles. The zero-order valence-corrected chi connectivity index (χ0v) is 29.0. The summed E-state index contributed by atoms with van der Waals surface area (Å²) in [4.78, 5) is 20.1. The van der Waals surface area contributed by atoms with E-state index in [4.69, 9.17) is 19.9 Å². The topological polar surface area (TPSA) is 51.6 Å². The van der Waals surface area contributed by atoms with Crippen molar-refractivity contribution >= 4 is 21.5 Å². The van der Waals surface area contributed by atoms with E-state index in [0.717, 1.165) is 67.5 Å². The normalized spacial score (nSPS) is 11.3. The first-order valence-electron chi connectivity index (χ1n) is 17.6. The van der Waals surface area contributed by atoms with Gasteiger partial charge in [-0.25, -0.2) is 19.9 Å². The van der Waals surface area contributed by atoms with E-state index in [0.29, 0.717) is 5.82 Å².